The van der Waals surface area contributed by atoms with Gasteiger partial charge in [0.15, 0.2) is 5.82 Å². The molecule has 1 aromatic rings. The van der Waals surface area contributed by atoms with Crippen LogP contribution >= 0.6 is 0 Å². The molecular weight excluding hydrogens is 192 g/mol. The number of carbonyl (C=O) groups is 1. The standard InChI is InChI=1S/C10H18N4O/c1-10(2,7-13(3)4)14-6-5-12-9(14)8(11)15/h5-6H,7H2,1-4H3,(H2,11,15). The number of aromatic nitrogens is 2. The van der Waals surface area contributed by atoms with Crippen LogP contribution in [0.1, 0.15) is 24.5 Å². The molecule has 0 fully saturated rings. The maximum atomic E-state index is 11.1. The molecule has 15 heavy (non-hydrogen) atoms. The van der Waals surface area contributed by atoms with Gasteiger partial charge in [-0.25, -0.2) is 4.98 Å². The minimum atomic E-state index is -0.494. The van der Waals surface area contributed by atoms with E-state index in [1.54, 1.807) is 12.4 Å². The summed E-state index contributed by atoms with van der Waals surface area (Å²) in [5.41, 5.74) is 5.05. The first-order valence-corrected chi connectivity index (χ1v) is 4.83. The van der Waals surface area contributed by atoms with Crippen molar-refractivity contribution in [1.29, 1.82) is 0 Å². The van der Waals surface area contributed by atoms with Crippen LogP contribution in [0.15, 0.2) is 12.4 Å². The van der Waals surface area contributed by atoms with Crippen molar-refractivity contribution in [2.45, 2.75) is 19.4 Å². The minimum Gasteiger partial charge on any atom is -0.363 e. The fourth-order valence-corrected chi connectivity index (χ4v) is 1.82. The van der Waals surface area contributed by atoms with E-state index in [1.165, 1.54) is 0 Å². The van der Waals surface area contributed by atoms with E-state index in [0.717, 1.165) is 6.54 Å². The molecule has 0 radical (unpaired) electrons. The van der Waals surface area contributed by atoms with E-state index in [4.69, 9.17) is 5.73 Å². The number of rotatable bonds is 4. The maximum Gasteiger partial charge on any atom is 0.284 e. The summed E-state index contributed by atoms with van der Waals surface area (Å²) in [6, 6.07) is 0. The molecule has 5 heteroatoms. The van der Waals surface area contributed by atoms with Crippen molar-refractivity contribution in [2.75, 3.05) is 20.6 Å². The first-order chi connectivity index (χ1) is 6.84. The fraction of sp³-hybridized carbons (Fsp3) is 0.600. The average molecular weight is 210 g/mol. The van der Waals surface area contributed by atoms with Gasteiger partial charge in [0.25, 0.3) is 5.91 Å². The van der Waals surface area contributed by atoms with Gasteiger partial charge in [0.05, 0.1) is 5.54 Å². The third-order valence-corrected chi connectivity index (χ3v) is 2.22. The van der Waals surface area contributed by atoms with Crippen LogP contribution in [0.2, 0.25) is 0 Å². The lowest BCUT2D eigenvalue weighted by Crippen LogP contribution is -2.39. The summed E-state index contributed by atoms with van der Waals surface area (Å²) in [4.78, 5) is 17.2. The largest absolute Gasteiger partial charge is 0.363 e. The van der Waals surface area contributed by atoms with Gasteiger partial charge in [-0.05, 0) is 27.9 Å². The molecule has 84 valence electrons. The Balaban J connectivity index is 3.03. The zero-order valence-electron chi connectivity index (χ0n) is 9.69. The zero-order chi connectivity index (χ0) is 11.6. The van der Waals surface area contributed by atoms with Crippen LogP contribution in [0.5, 0.6) is 0 Å². The molecule has 1 heterocycles. The molecule has 0 unspecified atom stereocenters. The summed E-state index contributed by atoms with van der Waals surface area (Å²) in [6.07, 6.45) is 3.38. The van der Waals surface area contributed by atoms with Gasteiger partial charge in [-0.3, -0.25) is 4.79 Å². The van der Waals surface area contributed by atoms with E-state index in [-0.39, 0.29) is 5.54 Å². The van der Waals surface area contributed by atoms with Crippen molar-refractivity contribution in [3.63, 3.8) is 0 Å². The highest BCUT2D eigenvalue weighted by molar-refractivity contribution is 5.89. The maximum absolute atomic E-state index is 11.1. The highest BCUT2D eigenvalue weighted by Gasteiger charge is 2.25. The smallest absolute Gasteiger partial charge is 0.284 e. The number of hydrogen-bond acceptors (Lipinski definition) is 3. The summed E-state index contributed by atoms with van der Waals surface area (Å²) in [7, 11) is 3.98. The Morgan fingerprint density at radius 1 is 1.60 bits per heavy atom. The van der Waals surface area contributed by atoms with Crippen molar-refractivity contribution in [1.82, 2.24) is 14.5 Å². The van der Waals surface area contributed by atoms with Crippen molar-refractivity contribution >= 4 is 5.91 Å². The van der Waals surface area contributed by atoms with Gasteiger partial charge in [-0.1, -0.05) is 0 Å². The molecule has 1 amide bonds. The van der Waals surface area contributed by atoms with Crippen LogP contribution in [0.4, 0.5) is 0 Å². The monoisotopic (exact) mass is 210 g/mol. The van der Waals surface area contributed by atoms with Gasteiger partial charge in [-0.15, -0.1) is 0 Å². The molecule has 0 aliphatic rings. The highest BCUT2D eigenvalue weighted by atomic mass is 16.1. The number of hydrogen-bond donors (Lipinski definition) is 1. The van der Waals surface area contributed by atoms with E-state index < -0.39 is 5.91 Å². The predicted molar refractivity (Wildman–Crippen MR) is 58.6 cm³/mol. The van der Waals surface area contributed by atoms with Crippen LogP contribution < -0.4 is 5.73 Å². The molecule has 1 rings (SSSR count). The molecule has 0 aliphatic heterocycles. The van der Waals surface area contributed by atoms with Crippen molar-refractivity contribution in [2.24, 2.45) is 5.73 Å². The van der Waals surface area contributed by atoms with Gasteiger partial charge in [0.1, 0.15) is 0 Å². The molecule has 0 bridgehead atoms. The molecule has 0 spiro atoms. The molecule has 0 aliphatic carbocycles. The SMILES string of the molecule is CN(C)CC(C)(C)n1ccnc1C(N)=O. The number of imidazole rings is 1. The fourth-order valence-electron chi connectivity index (χ4n) is 1.82. The van der Waals surface area contributed by atoms with Crippen molar-refractivity contribution < 1.29 is 4.79 Å². The molecule has 0 saturated heterocycles. The lowest BCUT2D eigenvalue weighted by molar-refractivity contribution is 0.0975. The summed E-state index contributed by atoms with van der Waals surface area (Å²) in [5, 5.41) is 0. The first kappa shape index (κ1) is 11.7. The van der Waals surface area contributed by atoms with Crippen LogP contribution in [-0.4, -0.2) is 41.0 Å². The first-order valence-electron chi connectivity index (χ1n) is 4.83. The molecule has 0 saturated carbocycles. The Kier molecular flexibility index (Phi) is 3.14. The number of primary amides is 1. The molecule has 0 aromatic carbocycles. The second-order valence-corrected chi connectivity index (χ2v) is 4.54. The van der Waals surface area contributed by atoms with Gasteiger partial charge in [0.2, 0.25) is 0 Å². The highest BCUT2D eigenvalue weighted by Crippen LogP contribution is 2.17. The Morgan fingerprint density at radius 3 is 2.67 bits per heavy atom. The third kappa shape index (κ3) is 2.56. The Labute approximate surface area is 89.9 Å². The normalized spacial score (nSPS) is 12.1. The average Bonchev–Trinajstić information content (AvgIpc) is 2.48. The molecule has 1 aromatic heterocycles. The van der Waals surface area contributed by atoms with Crippen LogP contribution in [0.3, 0.4) is 0 Å². The zero-order valence-corrected chi connectivity index (χ0v) is 9.69. The number of nitrogens with two attached hydrogens (primary N) is 1. The van der Waals surface area contributed by atoms with E-state index >= 15 is 0 Å². The van der Waals surface area contributed by atoms with Gasteiger partial charge in [0, 0.05) is 18.9 Å². The van der Waals surface area contributed by atoms with Crippen molar-refractivity contribution in [3.8, 4) is 0 Å². The van der Waals surface area contributed by atoms with Crippen molar-refractivity contribution in [3.05, 3.63) is 18.2 Å². The summed E-state index contributed by atoms with van der Waals surface area (Å²) < 4.78 is 1.81. The predicted octanol–water partition coefficient (Wildman–Crippen LogP) is 0.279. The Bertz CT molecular complexity index is 354. The number of likely N-dealkylation sites (N-methyl/N-ethyl adjacent to an activating group) is 1. The number of carbonyl (C=O) groups excluding carboxylic acids is 1. The van der Waals surface area contributed by atoms with E-state index in [1.807, 2.05) is 32.5 Å². The summed E-state index contributed by atoms with van der Waals surface area (Å²) in [6.45, 7) is 4.89. The lowest BCUT2D eigenvalue weighted by Gasteiger charge is -2.30. The second-order valence-electron chi connectivity index (χ2n) is 4.54. The van der Waals surface area contributed by atoms with Crippen LogP contribution in [-0.2, 0) is 5.54 Å². The molecule has 0 atom stereocenters. The number of nitrogens with zero attached hydrogens (tertiary/aromatic N) is 3. The second kappa shape index (κ2) is 4.02. The van der Waals surface area contributed by atoms with Crippen LogP contribution in [0.25, 0.3) is 0 Å². The Hall–Kier alpha value is -1.36. The van der Waals surface area contributed by atoms with Gasteiger partial charge < -0.3 is 15.2 Å². The minimum absolute atomic E-state index is 0.204. The van der Waals surface area contributed by atoms with E-state index in [9.17, 15) is 4.79 Å². The lowest BCUT2D eigenvalue weighted by atomic mass is 10.0. The third-order valence-electron chi connectivity index (χ3n) is 2.22. The summed E-state index contributed by atoms with van der Waals surface area (Å²) >= 11 is 0. The van der Waals surface area contributed by atoms with E-state index in [0.29, 0.717) is 5.82 Å². The summed E-state index contributed by atoms with van der Waals surface area (Å²) in [5.74, 6) is -0.186. The van der Waals surface area contributed by atoms with E-state index in [2.05, 4.69) is 9.88 Å². The number of amides is 1. The molecule has 2 N–H and O–H groups in total. The van der Waals surface area contributed by atoms with Crippen LogP contribution in [0, 0.1) is 0 Å². The Morgan fingerprint density at radius 2 is 2.20 bits per heavy atom. The topological polar surface area (TPSA) is 64.2 Å². The van der Waals surface area contributed by atoms with Gasteiger partial charge >= 0.3 is 0 Å². The quantitative estimate of drug-likeness (QED) is 0.776. The molecule has 5 nitrogen and oxygen atoms in total. The van der Waals surface area contributed by atoms with Gasteiger partial charge in [-0.2, -0.15) is 0 Å². The molecular formula is C10H18N4O.